The van der Waals surface area contributed by atoms with Crippen LogP contribution in [0.25, 0.3) is 0 Å². The molecule has 0 saturated heterocycles. The predicted molar refractivity (Wildman–Crippen MR) is 119 cm³/mol. The van der Waals surface area contributed by atoms with Crippen molar-refractivity contribution in [3.63, 3.8) is 0 Å². The Morgan fingerprint density at radius 3 is 2.04 bits per heavy atom. The van der Waals surface area contributed by atoms with E-state index >= 15 is 0 Å². The molecule has 1 heterocycles. The van der Waals surface area contributed by atoms with Crippen molar-refractivity contribution in [1.82, 2.24) is 0 Å². The molecule has 158 valence electrons. The summed E-state index contributed by atoms with van der Waals surface area (Å²) in [4.78, 5) is 4.66. The average Bonchev–Trinajstić information content (AvgIpc) is 3.09. The Hall–Kier alpha value is -0.670. The number of aliphatic hydroxyl groups excluding tert-OH is 1. The quantitative estimate of drug-likeness (QED) is 0.172. The Kier molecular flexibility index (Phi) is 13.8. The Balaban J connectivity index is 1.94. The maximum atomic E-state index is 10.2. The van der Waals surface area contributed by atoms with Crippen molar-refractivity contribution in [2.45, 2.75) is 123 Å². The van der Waals surface area contributed by atoms with Crippen LogP contribution in [0.5, 0.6) is 0 Å². The molecule has 1 aliphatic heterocycles. The van der Waals surface area contributed by atoms with E-state index in [-0.39, 0.29) is 12.4 Å². The van der Waals surface area contributed by atoms with Crippen LogP contribution in [0, 0.1) is 0 Å². The van der Waals surface area contributed by atoms with Crippen molar-refractivity contribution in [1.29, 1.82) is 0 Å². The van der Waals surface area contributed by atoms with E-state index in [0.29, 0.717) is 0 Å². The monoisotopic (exact) mass is 379 g/mol. The number of nitrogens with zero attached hydrogens (tertiary/aromatic N) is 2. The first-order chi connectivity index (χ1) is 13.2. The van der Waals surface area contributed by atoms with Crippen molar-refractivity contribution >= 4 is 6.21 Å². The lowest BCUT2D eigenvalue weighted by Crippen LogP contribution is -2.57. The van der Waals surface area contributed by atoms with E-state index in [9.17, 15) is 5.11 Å². The largest absolute Gasteiger partial charge is 0.345 e. The van der Waals surface area contributed by atoms with Crippen LogP contribution in [0.1, 0.15) is 111 Å². The van der Waals surface area contributed by atoms with E-state index in [0.717, 1.165) is 24.0 Å². The van der Waals surface area contributed by atoms with Gasteiger partial charge in [0, 0.05) is 13.3 Å². The van der Waals surface area contributed by atoms with Gasteiger partial charge in [0.05, 0.1) is 12.8 Å². The van der Waals surface area contributed by atoms with Gasteiger partial charge in [-0.2, -0.15) is 0 Å². The molecule has 0 saturated carbocycles. The van der Waals surface area contributed by atoms with Crippen LogP contribution in [0.15, 0.2) is 17.1 Å². The molecule has 0 radical (unpaired) electrons. The topological polar surface area (TPSA) is 32.6 Å². The zero-order chi connectivity index (χ0) is 19.8. The zero-order valence-corrected chi connectivity index (χ0v) is 18.5. The third-order valence-corrected chi connectivity index (χ3v) is 6.35. The molecule has 3 heteroatoms. The van der Waals surface area contributed by atoms with Crippen molar-refractivity contribution in [3.05, 3.63) is 12.2 Å². The van der Waals surface area contributed by atoms with E-state index in [1.807, 2.05) is 13.1 Å². The Labute approximate surface area is 169 Å². The van der Waals surface area contributed by atoms with Gasteiger partial charge >= 0.3 is 0 Å². The second-order valence-electron chi connectivity index (χ2n) is 8.42. The van der Waals surface area contributed by atoms with Gasteiger partial charge in [0.15, 0.2) is 12.4 Å². The molecule has 27 heavy (non-hydrogen) atoms. The molecule has 0 aromatic heterocycles. The number of rotatable bonds is 17. The molecular weight excluding hydrogens is 332 g/mol. The molecule has 0 amide bonds. The highest BCUT2D eigenvalue weighted by atomic mass is 16.3. The summed E-state index contributed by atoms with van der Waals surface area (Å²) in [5, 5.41) is 10.2. The number of quaternary nitrogens is 1. The zero-order valence-electron chi connectivity index (χ0n) is 18.5. The summed E-state index contributed by atoms with van der Waals surface area (Å²) >= 11 is 0. The maximum absolute atomic E-state index is 10.2. The van der Waals surface area contributed by atoms with E-state index in [2.05, 4.69) is 31.0 Å². The van der Waals surface area contributed by atoms with Gasteiger partial charge in [0.1, 0.15) is 6.54 Å². The van der Waals surface area contributed by atoms with E-state index in [1.54, 1.807) is 0 Å². The van der Waals surface area contributed by atoms with Crippen molar-refractivity contribution < 1.29 is 9.59 Å². The fourth-order valence-corrected chi connectivity index (χ4v) is 4.31. The summed E-state index contributed by atoms with van der Waals surface area (Å²) in [5.74, 6) is 0. The Morgan fingerprint density at radius 2 is 1.48 bits per heavy atom. The third kappa shape index (κ3) is 9.38. The van der Waals surface area contributed by atoms with Crippen LogP contribution in [0.2, 0.25) is 0 Å². The summed E-state index contributed by atoms with van der Waals surface area (Å²) in [6.45, 7) is 8.24. The number of aliphatic imine (C=N–C) groups is 1. The molecule has 1 N–H and O–H groups in total. The van der Waals surface area contributed by atoms with Crippen LogP contribution < -0.4 is 0 Å². The van der Waals surface area contributed by atoms with Crippen molar-refractivity contribution in [2.75, 3.05) is 13.1 Å². The van der Waals surface area contributed by atoms with Gasteiger partial charge in [-0.1, -0.05) is 70.4 Å². The van der Waals surface area contributed by atoms with Crippen molar-refractivity contribution in [2.24, 2.45) is 4.99 Å². The second kappa shape index (κ2) is 15.3. The smallest absolute Gasteiger partial charge is 0.189 e. The van der Waals surface area contributed by atoms with Crippen LogP contribution in [0.3, 0.4) is 0 Å². The van der Waals surface area contributed by atoms with E-state index in [1.165, 1.54) is 83.5 Å². The predicted octanol–water partition coefficient (Wildman–Crippen LogP) is 6.61. The van der Waals surface area contributed by atoms with E-state index < -0.39 is 0 Å². The third-order valence-electron chi connectivity index (χ3n) is 6.35. The lowest BCUT2D eigenvalue weighted by atomic mass is 10.1. The average molecular weight is 380 g/mol. The minimum atomic E-state index is -0.313. The highest BCUT2D eigenvalue weighted by Crippen LogP contribution is 2.26. The first kappa shape index (κ1) is 24.4. The summed E-state index contributed by atoms with van der Waals surface area (Å²) in [5.41, 5.74) is 0. The molecule has 1 rings (SSSR count). The second-order valence-corrected chi connectivity index (χ2v) is 8.42. The number of hydrogen-bond donors (Lipinski definition) is 1. The summed E-state index contributed by atoms with van der Waals surface area (Å²) < 4.78 is 0.741. The summed E-state index contributed by atoms with van der Waals surface area (Å²) in [7, 11) is 0. The molecule has 0 aromatic rings. The van der Waals surface area contributed by atoms with Gasteiger partial charge in [0.2, 0.25) is 0 Å². The highest BCUT2D eigenvalue weighted by Gasteiger charge is 2.41. The number of aliphatic hydroxyl groups is 1. The van der Waals surface area contributed by atoms with Gasteiger partial charge in [-0.25, -0.2) is 4.99 Å². The Bertz CT molecular complexity index is 405. The highest BCUT2D eigenvalue weighted by molar-refractivity contribution is 5.60. The van der Waals surface area contributed by atoms with E-state index in [4.69, 9.17) is 0 Å². The number of unbranched alkanes of at least 4 members (excludes halogenated alkanes) is 11. The first-order valence-electron chi connectivity index (χ1n) is 11.9. The minimum absolute atomic E-state index is 0.280. The van der Waals surface area contributed by atoms with Gasteiger partial charge in [0.25, 0.3) is 0 Å². The standard InChI is InChI=1S/C24H47N2O/c1-4-6-7-8-9-10-11-12-13-14-15-16-17-18-19-20-24-25-21-22-26(24,5-2)23(3)27/h11-12,21,23-24,27H,4-10,13-20,22H2,1-3H3/q+1/b12-11+. The molecule has 3 unspecified atom stereocenters. The summed E-state index contributed by atoms with van der Waals surface area (Å²) in [6, 6.07) is 0. The SMILES string of the molecule is CCCCCCC/C=C/CCCCCCCCC1N=CC[N+]1(CC)C(C)O. The molecule has 0 spiro atoms. The van der Waals surface area contributed by atoms with Gasteiger partial charge in [-0.05, 0) is 39.0 Å². The lowest BCUT2D eigenvalue weighted by Gasteiger charge is -2.40. The molecule has 0 bridgehead atoms. The van der Waals surface area contributed by atoms with Gasteiger partial charge < -0.3 is 5.11 Å². The Morgan fingerprint density at radius 1 is 0.926 bits per heavy atom. The molecule has 0 aromatic carbocycles. The van der Waals surface area contributed by atoms with Crippen LogP contribution >= 0.6 is 0 Å². The molecule has 0 aliphatic carbocycles. The van der Waals surface area contributed by atoms with Crippen LogP contribution in [-0.4, -0.2) is 41.3 Å². The maximum Gasteiger partial charge on any atom is 0.189 e. The fraction of sp³-hybridized carbons (Fsp3) is 0.875. The molecular formula is C24H47N2O+. The van der Waals surface area contributed by atoms with Gasteiger partial charge in [-0.15, -0.1) is 0 Å². The molecule has 1 aliphatic rings. The van der Waals surface area contributed by atoms with Gasteiger partial charge in [-0.3, -0.25) is 4.48 Å². The fourth-order valence-electron chi connectivity index (χ4n) is 4.31. The van der Waals surface area contributed by atoms with Crippen LogP contribution in [-0.2, 0) is 0 Å². The molecule has 3 nitrogen and oxygen atoms in total. The number of hydrogen-bond acceptors (Lipinski definition) is 2. The molecule has 3 atom stereocenters. The molecule has 0 fully saturated rings. The summed E-state index contributed by atoms with van der Waals surface area (Å²) in [6.07, 6.45) is 25.3. The lowest BCUT2D eigenvalue weighted by molar-refractivity contribution is -0.976. The minimum Gasteiger partial charge on any atom is -0.345 e. The first-order valence-corrected chi connectivity index (χ1v) is 11.9. The van der Waals surface area contributed by atoms with Crippen molar-refractivity contribution in [3.8, 4) is 0 Å². The number of allylic oxidation sites excluding steroid dienone is 2. The normalized spacial score (nSPS) is 23.5. The van der Waals surface area contributed by atoms with Crippen LogP contribution in [0.4, 0.5) is 0 Å².